The summed E-state index contributed by atoms with van der Waals surface area (Å²) in [6.45, 7) is 1.87. The Morgan fingerprint density at radius 1 is 1.56 bits per heavy atom. The van der Waals surface area contributed by atoms with Crippen molar-refractivity contribution in [1.29, 1.82) is 0 Å². The molecular formula is C11H10FN3O3. The largest absolute Gasteiger partial charge is 0.460 e. The van der Waals surface area contributed by atoms with Gasteiger partial charge in [-0.1, -0.05) is 0 Å². The molecule has 0 bridgehead atoms. The number of benzene rings is 1. The zero-order valence-electron chi connectivity index (χ0n) is 9.51. The van der Waals surface area contributed by atoms with Crippen molar-refractivity contribution in [2.24, 2.45) is 0 Å². The second kappa shape index (κ2) is 4.82. The van der Waals surface area contributed by atoms with Crippen LogP contribution in [0.5, 0.6) is 0 Å². The van der Waals surface area contributed by atoms with Gasteiger partial charge in [-0.3, -0.25) is 0 Å². The third-order valence-corrected chi connectivity index (χ3v) is 2.13. The van der Waals surface area contributed by atoms with Gasteiger partial charge in [-0.25, -0.2) is 9.18 Å². The molecule has 0 amide bonds. The molecule has 0 saturated heterocycles. The van der Waals surface area contributed by atoms with Gasteiger partial charge in [0.05, 0.1) is 12.3 Å². The summed E-state index contributed by atoms with van der Waals surface area (Å²) in [5.74, 6) is -1.46. The van der Waals surface area contributed by atoms with Crippen molar-refractivity contribution < 1.29 is 18.4 Å². The zero-order chi connectivity index (χ0) is 13.1. The Kier molecular flexibility index (Phi) is 3.22. The van der Waals surface area contributed by atoms with Gasteiger partial charge in [0, 0.05) is 5.56 Å². The van der Waals surface area contributed by atoms with Crippen molar-refractivity contribution >= 4 is 11.7 Å². The molecule has 0 spiro atoms. The van der Waals surface area contributed by atoms with Gasteiger partial charge in [-0.15, -0.1) is 0 Å². The molecule has 0 saturated carbocycles. The Balaban J connectivity index is 2.29. The van der Waals surface area contributed by atoms with E-state index < -0.39 is 11.8 Å². The van der Waals surface area contributed by atoms with E-state index in [4.69, 9.17) is 15.0 Å². The van der Waals surface area contributed by atoms with E-state index >= 15 is 0 Å². The molecule has 2 aromatic rings. The number of rotatable bonds is 3. The van der Waals surface area contributed by atoms with Crippen LogP contribution in [0.2, 0.25) is 0 Å². The molecule has 0 aliphatic carbocycles. The number of halogens is 1. The lowest BCUT2D eigenvalue weighted by Crippen LogP contribution is -2.06. The first-order valence-corrected chi connectivity index (χ1v) is 5.18. The fraction of sp³-hybridized carbons (Fsp3) is 0.182. The van der Waals surface area contributed by atoms with E-state index in [1.54, 1.807) is 6.92 Å². The van der Waals surface area contributed by atoms with Crippen molar-refractivity contribution in [2.75, 3.05) is 12.3 Å². The summed E-state index contributed by atoms with van der Waals surface area (Å²) in [7, 11) is 0. The van der Waals surface area contributed by atoms with E-state index in [0.717, 1.165) is 6.07 Å². The fourth-order valence-corrected chi connectivity index (χ4v) is 1.28. The molecule has 18 heavy (non-hydrogen) atoms. The van der Waals surface area contributed by atoms with Crippen molar-refractivity contribution in [2.45, 2.75) is 6.92 Å². The molecule has 0 aliphatic rings. The highest BCUT2D eigenvalue weighted by molar-refractivity contribution is 5.85. The molecule has 0 atom stereocenters. The summed E-state index contributed by atoms with van der Waals surface area (Å²) >= 11 is 0. The predicted octanol–water partition coefficient (Wildman–Crippen LogP) is 1.63. The third kappa shape index (κ3) is 2.29. The first kappa shape index (κ1) is 12.0. The third-order valence-electron chi connectivity index (χ3n) is 2.13. The molecule has 0 fully saturated rings. The smallest absolute Gasteiger partial charge is 0.379 e. The molecule has 1 aromatic carbocycles. The molecular weight excluding hydrogens is 241 g/mol. The maximum absolute atomic E-state index is 13.2. The van der Waals surface area contributed by atoms with Gasteiger partial charge in [-0.2, -0.15) is 4.98 Å². The monoisotopic (exact) mass is 251 g/mol. The molecule has 0 radical (unpaired) electrons. The van der Waals surface area contributed by atoms with Gasteiger partial charge >= 0.3 is 5.97 Å². The van der Waals surface area contributed by atoms with Gasteiger partial charge in [-0.05, 0) is 30.3 Å². The molecule has 2 N–H and O–H groups in total. The van der Waals surface area contributed by atoms with Crippen LogP contribution < -0.4 is 5.73 Å². The van der Waals surface area contributed by atoms with Crippen LogP contribution in [0.15, 0.2) is 22.7 Å². The van der Waals surface area contributed by atoms with Gasteiger partial charge < -0.3 is 15.0 Å². The standard InChI is InChI=1S/C11H10FN3O3/c1-2-17-11(16)9-14-10(18-15-9)6-3-4-8(13)7(12)5-6/h3-5H,2,13H2,1H3. The molecule has 2 rings (SSSR count). The van der Waals surface area contributed by atoms with E-state index in [0.29, 0.717) is 5.56 Å². The lowest BCUT2D eigenvalue weighted by Gasteiger charge is -1.97. The van der Waals surface area contributed by atoms with Crippen molar-refractivity contribution in [1.82, 2.24) is 10.1 Å². The molecule has 0 aliphatic heterocycles. The number of hydrogen-bond donors (Lipinski definition) is 1. The van der Waals surface area contributed by atoms with E-state index in [1.165, 1.54) is 12.1 Å². The van der Waals surface area contributed by atoms with Gasteiger partial charge in [0.15, 0.2) is 0 Å². The normalized spacial score (nSPS) is 10.3. The molecule has 6 nitrogen and oxygen atoms in total. The number of hydrogen-bond acceptors (Lipinski definition) is 6. The summed E-state index contributed by atoms with van der Waals surface area (Å²) in [5, 5.41) is 3.45. The van der Waals surface area contributed by atoms with Gasteiger partial charge in [0.25, 0.3) is 11.7 Å². The lowest BCUT2D eigenvalue weighted by atomic mass is 10.2. The molecule has 0 unspecified atom stereocenters. The number of nitrogen functional groups attached to an aromatic ring is 1. The summed E-state index contributed by atoms with van der Waals surface area (Å²) in [4.78, 5) is 15.1. The van der Waals surface area contributed by atoms with Crippen molar-refractivity contribution in [3.05, 3.63) is 29.8 Å². The minimum Gasteiger partial charge on any atom is -0.460 e. The highest BCUT2D eigenvalue weighted by Crippen LogP contribution is 2.21. The number of carbonyl (C=O) groups is 1. The van der Waals surface area contributed by atoms with E-state index in [1.807, 2.05) is 0 Å². The Morgan fingerprint density at radius 2 is 2.33 bits per heavy atom. The molecule has 1 heterocycles. The maximum Gasteiger partial charge on any atom is 0.379 e. The molecule has 94 valence electrons. The van der Waals surface area contributed by atoms with Crippen LogP contribution in [0.3, 0.4) is 0 Å². The topological polar surface area (TPSA) is 91.2 Å². The van der Waals surface area contributed by atoms with Crippen LogP contribution in [0.1, 0.15) is 17.5 Å². The molecule has 1 aromatic heterocycles. The van der Waals surface area contributed by atoms with E-state index in [2.05, 4.69) is 10.1 Å². The second-order valence-corrected chi connectivity index (χ2v) is 3.38. The van der Waals surface area contributed by atoms with Crippen LogP contribution in [0.25, 0.3) is 11.5 Å². The average Bonchev–Trinajstić information content (AvgIpc) is 2.82. The van der Waals surface area contributed by atoms with Gasteiger partial charge in [0.2, 0.25) is 0 Å². The summed E-state index contributed by atoms with van der Waals surface area (Å²) < 4.78 is 22.8. The quantitative estimate of drug-likeness (QED) is 0.658. The predicted molar refractivity (Wildman–Crippen MR) is 60.1 cm³/mol. The van der Waals surface area contributed by atoms with Crippen LogP contribution in [0.4, 0.5) is 10.1 Å². The first-order valence-electron chi connectivity index (χ1n) is 5.18. The highest BCUT2D eigenvalue weighted by Gasteiger charge is 2.17. The lowest BCUT2D eigenvalue weighted by molar-refractivity contribution is 0.0508. The Labute approximate surface area is 102 Å². The first-order chi connectivity index (χ1) is 8.61. The number of ether oxygens (including phenoxy) is 1. The number of esters is 1. The Bertz CT molecular complexity index is 583. The Morgan fingerprint density at radius 3 is 3.00 bits per heavy atom. The fourth-order valence-electron chi connectivity index (χ4n) is 1.28. The highest BCUT2D eigenvalue weighted by atomic mass is 19.1. The van der Waals surface area contributed by atoms with Crippen molar-refractivity contribution in [3.8, 4) is 11.5 Å². The Hall–Kier alpha value is -2.44. The average molecular weight is 251 g/mol. The zero-order valence-corrected chi connectivity index (χ0v) is 9.51. The summed E-state index contributed by atoms with van der Waals surface area (Å²) in [6, 6.07) is 4.04. The molecule has 7 heteroatoms. The van der Waals surface area contributed by atoms with E-state index in [9.17, 15) is 9.18 Å². The number of carbonyl (C=O) groups excluding carboxylic acids is 1. The minimum atomic E-state index is -0.691. The number of anilines is 1. The SMILES string of the molecule is CCOC(=O)c1noc(-c2ccc(N)c(F)c2)n1. The second-order valence-electron chi connectivity index (χ2n) is 3.38. The van der Waals surface area contributed by atoms with Crippen molar-refractivity contribution in [3.63, 3.8) is 0 Å². The number of nitrogens with zero attached hydrogens (tertiary/aromatic N) is 2. The summed E-state index contributed by atoms with van der Waals surface area (Å²) in [6.07, 6.45) is 0. The minimum absolute atomic E-state index is 0.0175. The van der Waals surface area contributed by atoms with Gasteiger partial charge in [0.1, 0.15) is 5.82 Å². The number of aromatic nitrogens is 2. The maximum atomic E-state index is 13.2. The van der Waals surface area contributed by atoms with Crippen LogP contribution >= 0.6 is 0 Å². The number of nitrogens with two attached hydrogens (primary N) is 1. The van der Waals surface area contributed by atoms with Crippen LogP contribution in [0, 0.1) is 5.82 Å². The van der Waals surface area contributed by atoms with Crippen LogP contribution in [-0.4, -0.2) is 22.7 Å². The summed E-state index contributed by atoms with van der Waals surface area (Å²) in [5.41, 5.74) is 5.70. The van der Waals surface area contributed by atoms with Crippen LogP contribution in [-0.2, 0) is 4.74 Å². The van der Waals surface area contributed by atoms with E-state index in [-0.39, 0.29) is 24.0 Å².